The number of halogens is 3. The minimum Gasteiger partial charge on any atom is -0.456 e. The van der Waals surface area contributed by atoms with Crippen LogP contribution in [0.1, 0.15) is 19.4 Å². The van der Waals surface area contributed by atoms with Crippen LogP contribution in [0.25, 0.3) is 22.0 Å². The third-order valence-corrected chi connectivity index (χ3v) is 7.34. The molecule has 1 fully saturated rings. The Morgan fingerprint density at radius 3 is 2.51 bits per heavy atom. The molecule has 0 radical (unpaired) electrons. The van der Waals surface area contributed by atoms with E-state index in [0.717, 1.165) is 6.07 Å². The summed E-state index contributed by atoms with van der Waals surface area (Å²) in [5.41, 5.74) is 0.888. The maximum atomic E-state index is 15.3. The van der Waals surface area contributed by atoms with Gasteiger partial charge in [-0.2, -0.15) is 8.78 Å². The van der Waals surface area contributed by atoms with Crippen LogP contribution in [0, 0.1) is 5.82 Å². The quantitative estimate of drug-likeness (QED) is 0.285. The van der Waals surface area contributed by atoms with Crippen molar-refractivity contribution >= 4 is 28.7 Å². The van der Waals surface area contributed by atoms with Crippen molar-refractivity contribution in [1.29, 1.82) is 0 Å². The molecule has 1 saturated heterocycles. The molecule has 1 amide bonds. The van der Waals surface area contributed by atoms with Gasteiger partial charge in [0.05, 0.1) is 17.4 Å². The first-order chi connectivity index (χ1) is 20.5. The van der Waals surface area contributed by atoms with E-state index >= 15 is 4.39 Å². The summed E-state index contributed by atoms with van der Waals surface area (Å²) in [4.78, 5) is 48.7. The molecule has 0 N–H and O–H groups in total. The Kier molecular flexibility index (Phi) is 8.37. The molecule has 0 saturated carbocycles. The monoisotopic (exact) mass is 598 g/mol. The van der Waals surface area contributed by atoms with Crippen LogP contribution in [0.5, 0.6) is 5.75 Å². The number of amides is 1. The highest BCUT2D eigenvalue weighted by Gasteiger charge is 2.29. The van der Waals surface area contributed by atoms with Crippen molar-refractivity contribution < 1.29 is 32.2 Å². The van der Waals surface area contributed by atoms with Gasteiger partial charge in [-0.15, -0.1) is 0 Å². The number of esters is 1. The van der Waals surface area contributed by atoms with Gasteiger partial charge in [-0.05, 0) is 25.1 Å². The lowest BCUT2D eigenvalue weighted by molar-refractivity contribution is -0.151. The van der Waals surface area contributed by atoms with E-state index < -0.39 is 24.0 Å². The van der Waals surface area contributed by atoms with E-state index in [0.29, 0.717) is 42.2 Å². The van der Waals surface area contributed by atoms with Gasteiger partial charge in [-0.25, -0.2) is 14.4 Å². The number of alkyl halides is 2. The maximum Gasteiger partial charge on any atom is 0.387 e. The van der Waals surface area contributed by atoms with Crippen LogP contribution < -0.4 is 15.2 Å². The lowest BCUT2D eigenvalue weighted by atomic mass is 10.1. The first kappa shape index (κ1) is 29.6. The first-order valence-corrected chi connectivity index (χ1v) is 13.5. The zero-order valence-electron chi connectivity index (χ0n) is 23.7. The van der Waals surface area contributed by atoms with Crippen LogP contribution in [-0.4, -0.2) is 75.0 Å². The summed E-state index contributed by atoms with van der Waals surface area (Å²) in [5, 5.41) is 0.128. The smallest absolute Gasteiger partial charge is 0.387 e. The van der Waals surface area contributed by atoms with Crippen molar-refractivity contribution in [2.45, 2.75) is 33.0 Å². The Hall–Kier alpha value is -4.88. The summed E-state index contributed by atoms with van der Waals surface area (Å²) in [5.74, 6) is -1.08. The molecule has 2 aromatic carbocycles. The fourth-order valence-electron chi connectivity index (χ4n) is 5.19. The van der Waals surface area contributed by atoms with Crippen LogP contribution in [0.4, 0.5) is 19.1 Å². The molecule has 11 nitrogen and oxygen atoms in total. The van der Waals surface area contributed by atoms with Crippen LogP contribution in [0.15, 0.2) is 53.6 Å². The normalized spacial score (nSPS) is 15.3. The summed E-state index contributed by atoms with van der Waals surface area (Å²) in [6, 6.07) is 8.73. The summed E-state index contributed by atoms with van der Waals surface area (Å²) < 4.78 is 53.5. The van der Waals surface area contributed by atoms with Crippen molar-refractivity contribution in [2.75, 3.05) is 31.1 Å². The van der Waals surface area contributed by atoms with Gasteiger partial charge in [0.1, 0.15) is 11.6 Å². The summed E-state index contributed by atoms with van der Waals surface area (Å²) in [7, 11) is 1.51. The Labute approximate surface area is 244 Å². The molecule has 1 atom stereocenters. The topological polar surface area (TPSA) is 112 Å². The number of ether oxygens (including phenoxy) is 2. The zero-order chi connectivity index (χ0) is 30.8. The number of aromatic nitrogens is 4. The lowest BCUT2D eigenvalue weighted by Gasteiger charge is -2.39. The van der Waals surface area contributed by atoms with Gasteiger partial charge in [-0.3, -0.25) is 23.7 Å². The number of fused-ring (bicyclic) bond motifs is 1. The van der Waals surface area contributed by atoms with Gasteiger partial charge >= 0.3 is 12.6 Å². The molecule has 43 heavy (non-hydrogen) atoms. The molecule has 1 aliphatic heterocycles. The minimum atomic E-state index is -3.02. The standard InChI is InChI=1S/C29H29F3N6O5/c1-17-14-36(8-9-37(17)26(40)16-42-18(2)39)29-33-12-20(13-34-29)21-11-24-22(10-23(21)30)27(41)35(3)38(24)15-19-6-4-5-7-25(19)43-28(31)32/h4-7,10-13,17,28H,8-9,14-16H2,1-3H3. The molecule has 0 aliphatic carbocycles. The van der Waals surface area contributed by atoms with E-state index in [2.05, 4.69) is 14.7 Å². The van der Waals surface area contributed by atoms with Gasteiger partial charge in [0.25, 0.3) is 11.5 Å². The van der Waals surface area contributed by atoms with Crippen molar-refractivity contribution in [3.05, 3.63) is 70.5 Å². The zero-order valence-corrected chi connectivity index (χ0v) is 23.7. The predicted molar refractivity (Wildman–Crippen MR) is 150 cm³/mol. The summed E-state index contributed by atoms with van der Waals surface area (Å²) >= 11 is 0. The fraction of sp³-hybridized carbons (Fsp3) is 0.345. The SMILES string of the molecule is CC(=O)OCC(=O)N1CCN(c2ncc(-c3cc4c(cc3F)c(=O)n(C)n4Cc3ccccc3OC(F)F)cn2)CC1C. The number of nitrogens with zero attached hydrogens (tertiary/aromatic N) is 6. The highest BCUT2D eigenvalue weighted by molar-refractivity contribution is 5.85. The molecule has 3 heterocycles. The molecular formula is C29H29F3N6O5. The van der Waals surface area contributed by atoms with Crippen LogP contribution in [0.2, 0.25) is 0 Å². The Morgan fingerprint density at radius 1 is 1.12 bits per heavy atom. The van der Waals surface area contributed by atoms with Gasteiger partial charge in [0.15, 0.2) is 6.61 Å². The Bertz CT molecular complexity index is 1720. The minimum absolute atomic E-state index is 0.0200. The Morgan fingerprint density at radius 2 is 1.84 bits per heavy atom. The van der Waals surface area contributed by atoms with Crippen molar-refractivity contribution in [3.8, 4) is 16.9 Å². The highest BCUT2D eigenvalue weighted by Crippen LogP contribution is 2.29. The second-order valence-corrected chi connectivity index (χ2v) is 10.2. The molecule has 5 rings (SSSR count). The van der Waals surface area contributed by atoms with Crippen molar-refractivity contribution in [1.82, 2.24) is 24.2 Å². The molecular weight excluding hydrogens is 569 g/mol. The van der Waals surface area contributed by atoms with E-state index in [4.69, 9.17) is 4.74 Å². The van der Waals surface area contributed by atoms with Crippen molar-refractivity contribution in [2.24, 2.45) is 7.05 Å². The molecule has 1 unspecified atom stereocenters. The first-order valence-electron chi connectivity index (χ1n) is 13.5. The molecule has 0 bridgehead atoms. The van der Waals surface area contributed by atoms with Crippen LogP contribution >= 0.6 is 0 Å². The Balaban J connectivity index is 1.39. The number of benzene rings is 2. The molecule has 2 aromatic heterocycles. The molecule has 4 aromatic rings. The largest absolute Gasteiger partial charge is 0.456 e. The number of carbonyl (C=O) groups is 2. The van der Waals surface area contributed by atoms with Crippen LogP contribution in [0.3, 0.4) is 0 Å². The number of anilines is 1. The van der Waals surface area contributed by atoms with E-state index in [1.165, 1.54) is 43.2 Å². The number of hydrogen-bond donors (Lipinski definition) is 0. The lowest BCUT2D eigenvalue weighted by Crippen LogP contribution is -2.55. The predicted octanol–water partition coefficient (Wildman–Crippen LogP) is 3.19. The average molecular weight is 599 g/mol. The fourth-order valence-corrected chi connectivity index (χ4v) is 5.19. The van der Waals surface area contributed by atoms with E-state index in [1.807, 2.05) is 11.8 Å². The van der Waals surface area contributed by atoms with Gasteiger partial charge < -0.3 is 19.3 Å². The molecule has 14 heteroatoms. The van der Waals surface area contributed by atoms with Gasteiger partial charge in [0, 0.05) is 68.7 Å². The summed E-state index contributed by atoms with van der Waals surface area (Å²) in [6.07, 6.45) is 2.96. The second-order valence-electron chi connectivity index (χ2n) is 10.2. The second kappa shape index (κ2) is 12.2. The highest BCUT2D eigenvalue weighted by atomic mass is 19.3. The molecule has 1 aliphatic rings. The average Bonchev–Trinajstić information content (AvgIpc) is 3.20. The van der Waals surface area contributed by atoms with E-state index in [9.17, 15) is 23.2 Å². The third kappa shape index (κ3) is 6.17. The number of rotatable bonds is 8. The summed E-state index contributed by atoms with van der Waals surface area (Å²) in [6.45, 7) is 1.08. The number of piperazine rings is 1. The van der Waals surface area contributed by atoms with E-state index in [-0.39, 0.29) is 41.8 Å². The van der Waals surface area contributed by atoms with Gasteiger partial charge in [-0.1, -0.05) is 18.2 Å². The molecule has 226 valence electrons. The molecule has 0 spiro atoms. The maximum absolute atomic E-state index is 15.3. The van der Waals surface area contributed by atoms with Crippen molar-refractivity contribution in [3.63, 3.8) is 0 Å². The van der Waals surface area contributed by atoms with Crippen LogP contribution in [-0.2, 0) is 27.9 Å². The van der Waals surface area contributed by atoms with Gasteiger partial charge in [0.2, 0.25) is 5.95 Å². The number of para-hydroxylation sites is 1. The number of hydrogen-bond acceptors (Lipinski definition) is 8. The van der Waals surface area contributed by atoms with E-state index in [1.54, 1.807) is 27.8 Å². The number of carbonyl (C=O) groups excluding carboxylic acids is 2. The third-order valence-electron chi connectivity index (χ3n) is 7.34.